The summed E-state index contributed by atoms with van der Waals surface area (Å²) in [5, 5.41) is 0.579. The van der Waals surface area contributed by atoms with Gasteiger partial charge in [0.2, 0.25) is 0 Å². The van der Waals surface area contributed by atoms with Gasteiger partial charge in [-0.3, -0.25) is 20.4 Å². The van der Waals surface area contributed by atoms with Gasteiger partial charge >= 0.3 is 0 Å². The van der Waals surface area contributed by atoms with Crippen LogP contribution in [-0.2, 0) is 4.79 Å². The monoisotopic (exact) mass is 346 g/mol. The topological polar surface area (TPSA) is 67.4 Å². The highest BCUT2D eigenvalue weighted by Gasteiger charge is 2.30. The van der Waals surface area contributed by atoms with Gasteiger partial charge in [0.05, 0.1) is 0 Å². The first-order chi connectivity index (χ1) is 11.3. The van der Waals surface area contributed by atoms with E-state index >= 15 is 0 Å². The summed E-state index contributed by atoms with van der Waals surface area (Å²) in [6, 6.07) is 13.7. The molecule has 6 heteroatoms. The third-order valence-electron chi connectivity index (χ3n) is 3.34. The van der Waals surface area contributed by atoms with Crippen molar-refractivity contribution in [3.63, 3.8) is 0 Å². The summed E-state index contributed by atoms with van der Waals surface area (Å²) in [5.74, 6) is -0.368. The van der Waals surface area contributed by atoms with Gasteiger partial charge in [0.25, 0.3) is 11.8 Å². The standard InChI is InChI=1S/C18H19ClN2O3/c1-12-4-6-13(7-5-12)16(22)20-21-17(23)18(2,3)24-15-10-8-14(19)9-11-15/h4-11H,1-3H3,(H,20,22)(H,21,23). The number of rotatable bonds is 4. The smallest absolute Gasteiger partial charge is 0.281 e. The van der Waals surface area contributed by atoms with Crippen LogP contribution in [0.3, 0.4) is 0 Å². The Hall–Kier alpha value is -2.53. The Morgan fingerprint density at radius 3 is 2.12 bits per heavy atom. The fourth-order valence-corrected chi connectivity index (χ4v) is 2.01. The van der Waals surface area contributed by atoms with Gasteiger partial charge in [0.1, 0.15) is 5.75 Å². The highest BCUT2D eigenvalue weighted by atomic mass is 35.5. The number of halogens is 1. The molecule has 0 fully saturated rings. The molecule has 2 aromatic carbocycles. The molecule has 0 atom stereocenters. The highest BCUT2D eigenvalue weighted by molar-refractivity contribution is 6.30. The lowest BCUT2D eigenvalue weighted by Crippen LogP contribution is -2.53. The SMILES string of the molecule is Cc1ccc(C(=O)NNC(=O)C(C)(C)Oc2ccc(Cl)cc2)cc1. The zero-order chi connectivity index (χ0) is 17.7. The van der Waals surface area contributed by atoms with E-state index in [2.05, 4.69) is 10.9 Å². The van der Waals surface area contributed by atoms with Crippen LogP contribution in [0.2, 0.25) is 5.02 Å². The van der Waals surface area contributed by atoms with E-state index in [-0.39, 0.29) is 0 Å². The molecule has 0 spiro atoms. The number of hydrogen-bond acceptors (Lipinski definition) is 3. The third-order valence-corrected chi connectivity index (χ3v) is 3.59. The minimum absolute atomic E-state index is 0.398. The largest absolute Gasteiger partial charge is 0.478 e. The first kappa shape index (κ1) is 17.8. The van der Waals surface area contributed by atoms with Gasteiger partial charge in [-0.1, -0.05) is 29.3 Å². The summed E-state index contributed by atoms with van der Waals surface area (Å²) in [6.45, 7) is 5.14. The van der Waals surface area contributed by atoms with Crippen LogP contribution < -0.4 is 15.6 Å². The summed E-state index contributed by atoms with van der Waals surface area (Å²) >= 11 is 5.82. The van der Waals surface area contributed by atoms with Gasteiger partial charge in [-0.2, -0.15) is 0 Å². The Morgan fingerprint density at radius 1 is 0.958 bits per heavy atom. The maximum Gasteiger partial charge on any atom is 0.281 e. The van der Waals surface area contributed by atoms with Crippen LogP contribution in [0.1, 0.15) is 29.8 Å². The summed E-state index contributed by atoms with van der Waals surface area (Å²) in [5.41, 5.74) is 5.09. The predicted octanol–water partition coefficient (Wildman–Crippen LogP) is 3.27. The predicted molar refractivity (Wildman–Crippen MR) is 92.9 cm³/mol. The molecule has 0 saturated heterocycles. The number of nitrogens with one attached hydrogen (secondary N) is 2. The molecule has 2 amide bonds. The molecule has 2 aromatic rings. The van der Waals surface area contributed by atoms with Gasteiger partial charge in [-0.15, -0.1) is 0 Å². The molecule has 0 aliphatic rings. The maximum absolute atomic E-state index is 12.2. The summed E-state index contributed by atoms with van der Waals surface area (Å²) in [7, 11) is 0. The molecule has 0 aliphatic heterocycles. The van der Waals surface area contributed by atoms with Crippen molar-refractivity contribution in [2.75, 3.05) is 0 Å². The average Bonchev–Trinajstić information content (AvgIpc) is 2.55. The second kappa shape index (κ2) is 7.36. The van der Waals surface area contributed by atoms with Crippen LogP contribution in [0.5, 0.6) is 5.75 Å². The van der Waals surface area contributed by atoms with Crippen molar-refractivity contribution in [2.45, 2.75) is 26.4 Å². The minimum atomic E-state index is -1.17. The lowest BCUT2D eigenvalue weighted by Gasteiger charge is -2.25. The molecule has 24 heavy (non-hydrogen) atoms. The highest BCUT2D eigenvalue weighted by Crippen LogP contribution is 2.20. The van der Waals surface area contributed by atoms with Gasteiger partial charge in [0.15, 0.2) is 5.60 Å². The van der Waals surface area contributed by atoms with Gasteiger partial charge in [-0.25, -0.2) is 0 Å². The number of carbonyl (C=O) groups is 2. The maximum atomic E-state index is 12.2. The number of ether oxygens (including phenoxy) is 1. The van der Waals surface area contributed by atoms with Gasteiger partial charge in [-0.05, 0) is 57.2 Å². The molecule has 0 unspecified atom stereocenters. The van der Waals surface area contributed by atoms with Gasteiger partial charge < -0.3 is 4.74 Å². The van der Waals surface area contributed by atoms with Crippen LogP contribution in [0.4, 0.5) is 0 Å². The first-order valence-corrected chi connectivity index (χ1v) is 7.78. The molecule has 0 aliphatic carbocycles. The summed E-state index contributed by atoms with van der Waals surface area (Å²) in [6.07, 6.45) is 0. The molecular weight excluding hydrogens is 328 g/mol. The second-order valence-corrected chi connectivity index (χ2v) is 6.28. The number of amides is 2. The van der Waals surface area contributed by atoms with Crippen LogP contribution >= 0.6 is 11.6 Å². The van der Waals surface area contributed by atoms with Crippen LogP contribution in [-0.4, -0.2) is 17.4 Å². The molecule has 0 heterocycles. The summed E-state index contributed by atoms with van der Waals surface area (Å²) in [4.78, 5) is 24.3. The quantitative estimate of drug-likeness (QED) is 0.835. The van der Waals surface area contributed by atoms with Crippen molar-refractivity contribution in [3.8, 4) is 5.75 Å². The zero-order valence-electron chi connectivity index (χ0n) is 13.7. The molecule has 126 valence electrons. The van der Waals surface area contributed by atoms with Crippen molar-refractivity contribution in [1.29, 1.82) is 0 Å². The fourth-order valence-electron chi connectivity index (χ4n) is 1.88. The number of benzene rings is 2. The molecule has 0 radical (unpaired) electrons. The van der Waals surface area contributed by atoms with Gasteiger partial charge in [0, 0.05) is 10.6 Å². The molecule has 5 nitrogen and oxygen atoms in total. The third kappa shape index (κ3) is 4.73. The Bertz CT molecular complexity index is 725. The number of aryl methyl sites for hydroxylation is 1. The number of hydrazine groups is 1. The summed E-state index contributed by atoms with van der Waals surface area (Å²) < 4.78 is 5.65. The van der Waals surface area contributed by atoms with E-state index in [0.29, 0.717) is 16.3 Å². The van der Waals surface area contributed by atoms with Crippen LogP contribution in [0, 0.1) is 6.92 Å². The first-order valence-electron chi connectivity index (χ1n) is 7.40. The number of carbonyl (C=O) groups excluding carboxylic acids is 2. The van der Waals surface area contributed by atoms with E-state index < -0.39 is 17.4 Å². The number of hydrogen-bond donors (Lipinski definition) is 2. The lowest BCUT2D eigenvalue weighted by molar-refractivity contribution is -0.135. The Kier molecular flexibility index (Phi) is 5.46. The van der Waals surface area contributed by atoms with E-state index in [1.54, 1.807) is 50.2 Å². The normalized spacial score (nSPS) is 10.8. The van der Waals surface area contributed by atoms with Crippen molar-refractivity contribution in [3.05, 3.63) is 64.7 Å². The molecule has 0 saturated carbocycles. The van der Waals surface area contributed by atoms with Crippen molar-refractivity contribution < 1.29 is 14.3 Å². The Balaban J connectivity index is 1.93. The molecular formula is C18H19ClN2O3. The lowest BCUT2D eigenvalue weighted by atomic mass is 10.1. The minimum Gasteiger partial charge on any atom is -0.478 e. The molecule has 0 aromatic heterocycles. The Morgan fingerprint density at radius 2 is 1.54 bits per heavy atom. The average molecular weight is 347 g/mol. The van der Waals surface area contributed by atoms with Crippen molar-refractivity contribution in [1.82, 2.24) is 10.9 Å². The van der Waals surface area contributed by atoms with Crippen molar-refractivity contribution in [2.24, 2.45) is 0 Å². The van der Waals surface area contributed by atoms with E-state index in [0.717, 1.165) is 5.56 Å². The van der Waals surface area contributed by atoms with Crippen LogP contribution in [0.15, 0.2) is 48.5 Å². The molecule has 2 rings (SSSR count). The fraction of sp³-hybridized carbons (Fsp3) is 0.222. The van der Waals surface area contributed by atoms with E-state index in [9.17, 15) is 9.59 Å². The second-order valence-electron chi connectivity index (χ2n) is 5.84. The molecule has 2 N–H and O–H groups in total. The molecule has 0 bridgehead atoms. The van der Waals surface area contributed by atoms with E-state index in [1.807, 2.05) is 19.1 Å². The van der Waals surface area contributed by atoms with Crippen LogP contribution in [0.25, 0.3) is 0 Å². The van der Waals surface area contributed by atoms with E-state index in [4.69, 9.17) is 16.3 Å². The van der Waals surface area contributed by atoms with E-state index in [1.165, 1.54) is 0 Å². The zero-order valence-corrected chi connectivity index (χ0v) is 14.5. The van der Waals surface area contributed by atoms with Crippen molar-refractivity contribution >= 4 is 23.4 Å². The Labute approximate surface area is 145 Å².